The Hall–Kier alpha value is -1.63. The molecule has 0 aromatic heterocycles. The number of carbonyl (C=O) groups is 1. The van der Waals surface area contributed by atoms with Crippen molar-refractivity contribution in [2.45, 2.75) is 12.3 Å². The van der Waals surface area contributed by atoms with Gasteiger partial charge in [0.05, 0.1) is 15.8 Å². The number of amides is 1. The lowest BCUT2D eigenvalue weighted by molar-refractivity contribution is -0.127. The van der Waals surface area contributed by atoms with Crippen molar-refractivity contribution in [1.29, 1.82) is 0 Å². The molecule has 25 heavy (non-hydrogen) atoms. The third kappa shape index (κ3) is 5.70. The first-order chi connectivity index (χ1) is 11.7. The van der Waals surface area contributed by atoms with Crippen LogP contribution in [0.2, 0.25) is 10.0 Å². The van der Waals surface area contributed by atoms with E-state index in [1.807, 2.05) is 0 Å². The van der Waals surface area contributed by atoms with Crippen molar-refractivity contribution in [2.24, 2.45) is 0 Å². The highest BCUT2D eigenvalue weighted by atomic mass is 35.5. The Morgan fingerprint density at radius 3 is 2.44 bits per heavy atom. The fourth-order valence-corrected chi connectivity index (χ4v) is 3.91. The number of benzene rings is 2. The van der Waals surface area contributed by atoms with Crippen LogP contribution >= 0.6 is 23.2 Å². The molecule has 4 nitrogen and oxygen atoms in total. The van der Waals surface area contributed by atoms with E-state index < -0.39 is 27.3 Å². The van der Waals surface area contributed by atoms with Gasteiger partial charge in [0, 0.05) is 19.2 Å². The molecule has 2 rings (SSSR count). The lowest BCUT2D eigenvalue weighted by atomic mass is 10.2. The standard InChI is InChI=1S/C17H16Cl2FNO3S/c1-21(9-13-4-2-3-5-16(13)20)17(22)11-25(23,24)10-12-6-7-14(18)15(19)8-12/h2-8H,9-11H2,1H3. The number of sulfone groups is 1. The first-order valence-corrected chi connectivity index (χ1v) is 9.87. The van der Waals surface area contributed by atoms with Gasteiger partial charge in [0.25, 0.3) is 0 Å². The predicted molar refractivity (Wildman–Crippen MR) is 96.8 cm³/mol. The molecular weight excluding hydrogens is 388 g/mol. The smallest absolute Gasteiger partial charge is 0.237 e. The topological polar surface area (TPSA) is 54.5 Å². The van der Waals surface area contributed by atoms with Gasteiger partial charge in [-0.1, -0.05) is 47.5 Å². The second-order valence-corrected chi connectivity index (χ2v) is 8.50. The molecule has 0 N–H and O–H groups in total. The predicted octanol–water partition coefficient (Wildman–Crippen LogP) is 3.71. The van der Waals surface area contributed by atoms with Gasteiger partial charge >= 0.3 is 0 Å². The van der Waals surface area contributed by atoms with Crippen LogP contribution < -0.4 is 0 Å². The summed E-state index contributed by atoms with van der Waals surface area (Å²) in [5.74, 6) is -2.05. The molecule has 0 heterocycles. The Kier molecular flexibility index (Phi) is 6.43. The van der Waals surface area contributed by atoms with Gasteiger partial charge in [-0.15, -0.1) is 0 Å². The van der Waals surface area contributed by atoms with Gasteiger partial charge in [0.2, 0.25) is 5.91 Å². The summed E-state index contributed by atoms with van der Waals surface area (Å²) in [6.07, 6.45) is 0. The number of rotatable bonds is 6. The molecular formula is C17H16Cl2FNO3S. The van der Waals surface area contributed by atoms with E-state index in [9.17, 15) is 17.6 Å². The van der Waals surface area contributed by atoms with E-state index in [-0.39, 0.29) is 17.3 Å². The van der Waals surface area contributed by atoms with Gasteiger partial charge in [-0.25, -0.2) is 12.8 Å². The Balaban J connectivity index is 2.02. The molecule has 0 saturated carbocycles. The van der Waals surface area contributed by atoms with Crippen molar-refractivity contribution >= 4 is 38.9 Å². The molecule has 0 fully saturated rings. The summed E-state index contributed by atoms with van der Waals surface area (Å²) in [6.45, 7) is -0.00615. The second-order valence-electron chi connectivity index (χ2n) is 5.62. The molecule has 2 aromatic rings. The monoisotopic (exact) mass is 403 g/mol. The van der Waals surface area contributed by atoms with E-state index in [1.54, 1.807) is 24.3 Å². The van der Waals surface area contributed by atoms with Crippen molar-refractivity contribution in [3.63, 3.8) is 0 Å². The molecule has 2 aromatic carbocycles. The molecule has 8 heteroatoms. The van der Waals surface area contributed by atoms with Gasteiger partial charge in [0.15, 0.2) is 9.84 Å². The van der Waals surface area contributed by atoms with Gasteiger partial charge in [-0.2, -0.15) is 0 Å². The van der Waals surface area contributed by atoms with E-state index in [1.165, 1.54) is 30.1 Å². The molecule has 0 unspecified atom stereocenters. The molecule has 0 aliphatic carbocycles. The van der Waals surface area contributed by atoms with Crippen LogP contribution in [0.4, 0.5) is 4.39 Å². The molecule has 1 amide bonds. The quantitative estimate of drug-likeness (QED) is 0.738. The number of halogens is 3. The molecule has 0 aliphatic heterocycles. The van der Waals surface area contributed by atoms with Crippen LogP contribution in [0.25, 0.3) is 0 Å². The largest absolute Gasteiger partial charge is 0.340 e. The Morgan fingerprint density at radius 1 is 1.12 bits per heavy atom. The van der Waals surface area contributed by atoms with E-state index >= 15 is 0 Å². The average Bonchev–Trinajstić information content (AvgIpc) is 2.52. The number of hydrogen-bond donors (Lipinski definition) is 0. The lowest BCUT2D eigenvalue weighted by Crippen LogP contribution is -2.32. The van der Waals surface area contributed by atoms with Crippen molar-refractivity contribution in [1.82, 2.24) is 4.90 Å². The van der Waals surface area contributed by atoms with E-state index in [2.05, 4.69) is 0 Å². The zero-order valence-electron chi connectivity index (χ0n) is 13.4. The fourth-order valence-electron chi connectivity index (χ4n) is 2.20. The normalized spacial score (nSPS) is 11.4. The highest BCUT2D eigenvalue weighted by Crippen LogP contribution is 2.23. The molecule has 0 atom stereocenters. The molecule has 0 bridgehead atoms. The van der Waals surface area contributed by atoms with Crippen LogP contribution in [0.15, 0.2) is 42.5 Å². The van der Waals surface area contributed by atoms with Crippen LogP contribution in [0, 0.1) is 5.82 Å². The van der Waals surface area contributed by atoms with Gasteiger partial charge in [-0.3, -0.25) is 4.79 Å². The summed E-state index contributed by atoms with van der Waals surface area (Å²) < 4.78 is 38.1. The Labute approximate surface area is 156 Å². The molecule has 0 radical (unpaired) electrons. The third-order valence-corrected chi connectivity index (χ3v) is 5.70. The van der Waals surface area contributed by atoms with Crippen molar-refractivity contribution in [3.05, 3.63) is 69.5 Å². The van der Waals surface area contributed by atoms with Crippen LogP contribution in [0.5, 0.6) is 0 Å². The number of nitrogens with zero attached hydrogens (tertiary/aromatic N) is 1. The zero-order chi connectivity index (χ0) is 18.6. The van der Waals surface area contributed by atoms with Crippen molar-refractivity contribution in [2.75, 3.05) is 12.8 Å². The van der Waals surface area contributed by atoms with Gasteiger partial charge < -0.3 is 4.90 Å². The highest BCUT2D eigenvalue weighted by molar-refractivity contribution is 7.91. The number of hydrogen-bond acceptors (Lipinski definition) is 3. The van der Waals surface area contributed by atoms with E-state index in [0.29, 0.717) is 16.1 Å². The average molecular weight is 404 g/mol. The minimum Gasteiger partial charge on any atom is -0.340 e. The highest BCUT2D eigenvalue weighted by Gasteiger charge is 2.21. The molecule has 0 spiro atoms. The zero-order valence-corrected chi connectivity index (χ0v) is 15.7. The minimum atomic E-state index is -3.70. The summed E-state index contributed by atoms with van der Waals surface area (Å²) >= 11 is 11.7. The van der Waals surface area contributed by atoms with E-state index in [0.717, 1.165) is 0 Å². The molecule has 134 valence electrons. The minimum absolute atomic E-state index is 0.00615. The van der Waals surface area contributed by atoms with Crippen LogP contribution in [-0.4, -0.2) is 32.0 Å². The molecule has 0 saturated heterocycles. The maximum absolute atomic E-state index is 13.6. The van der Waals surface area contributed by atoms with Crippen LogP contribution in [0.1, 0.15) is 11.1 Å². The van der Waals surface area contributed by atoms with Crippen LogP contribution in [-0.2, 0) is 26.9 Å². The summed E-state index contributed by atoms with van der Waals surface area (Å²) in [6, 6.07) is 10.5. The summed E-state index contributed by atoms with van der Waals surface area (Å²) in [5.41, 5.74) is 0.763. The third-order valence-electron chi connectivity index (χ3n) is 3.51. The lowest BCUT2D eigenvalue weighted by Gasteiger charge is -2.17. The fraction of sp³-hybridized carbons (Fsp3) is 0.235. The van der Waals surface area contributed by atoms with Gasteiger partial charge in [0.1, 0.15) is 11.6 Å². The summed E-state index contributed by atoms with van der Waals surface area (Å²) in [7, 11) is -2.26. The Morgan fingerprint density at radius 2 is 1.80 bits per heavy atom. The summed E-state index contributed by atoms with van der Waals surface area (Å²) in [5, 5.41) is 0.570. The maximum atomic E-state index is 13.6. The summed E-state index contributed by atoms with van der Waals surface area (Å²) in [4.78, 5) is 13.3. The van der Waals surface area contributed by atoms with Crippen molar-refractivity contribution in [3.8, 4) is 0 Å². The number of carbonyl (C=O) groups excluding carboxylic acids is 1. The molecule has 0 aliphatic rings. The van der Waals surface area contributed by atoms with Crippen LogP contribution in [0.3, 0.4) is 0 Å². The first kappa shape index (κ1) is 19.7. The first-order valence-electron chi connectivity index (χ1n) is 7.29. The van der Waals surface area contributed by atoms with Crippen molar-refractivity contribution < 1.29 is 17.6 Å². The maximum Gasteiger partial charge on any atom is 0.237 e. The van der Waals surface area contributed by atoms with Gasteiger partial charge in [-0.05, 0) is 23.8 Å². The van der Waals surface area contributed by atoms with E-state index in [4.69, 9.17) is 23.2 Å². The SMILES string of the molecule is CN(Cc1ccccc1F)C(=O)CS(=O)(=O)Cc1ccc(Cl)c(Cl)c1. The Bertz CT molecular complexity index is 887. The second kappa shape index (κ2) is 8.17.